The van der Waals surface area contributed by atoms with Crippen molar-refractivity contribution >= 4 is 51.8 Å². The first-order valence-corrected chi connectivity index (χ1v) is 15.3. The number of methoxy groups -OCH3 is 2. The zero-order valence-corrected chi connectivity index (χ0v) is 26.6. The summed E-state index contributed by atoms with van der Waals surface area (Å²) in [5, 5.41) is 12.2. The third-order valence-corrected chi connectivity index (χ3v) is 9.89. The molecule has 2 aromatic carbocycles. The van der Waals surface area contributed by atoms with Crippen molar-refractivity contribution in [3.8, 4) is 11.5 Å². The largest absolute Gasteiger partial charge is 0.493 e. The molecule has 0 spiro atoms. The Balaban J connectivity index is 1.63. The molecule has 5 atom stereocenters. The first-order chi connectivity index (χ1) is 21.0. The van der Waals surface area contributed by atoms with Gasteiger partial charge in [0.15, 0.2) is 11.5 Å². The minimum atomic E-state index is -1.31. The summed E-state index contributed by atoms with van der Waals surface area (Å²) >= 11 is 0. The van der Waals surface area contributed by atoms with Gasteiger partial charge < -0.3 is 28.8 Å². The molecule has 230 valence electrons. The van der Waals surface area contributed by atoms with Crippen molar-refractivity contribution in [3.63, 3.8) is 0 Å². The van der Waals surface area contributed by atoms with E-state index in [4.69, 9.17) is 14.2 Å². The van der Waals surface area contributed by atoms with Crippen LogP contribution in [0.4, 0.5) is 0 Å². The zero-order chi connectivity index (χ0) is 31.6. The Morgan fingerprint density at radius 3 is 2.23 bits per heavy atom. The van der Waals surface area contributed by atoms with E-state index in [-0.39, 0.29) is 29.4 Å². The molecule has 2 aliphatic heterocycles. The Labute approximate surface area is 257 Å². The Kier molecular flexibility index (Phi) is 7.62. The molecule has 4 heterocycles. The lowest BCUT2D eigenvalue weighted by atomic mass is 9.77. The molecular weight excluding hydrogens is 557 g/mol. The Hall–Kier alpha value is -4.02. The van der Waals surface area contributed by atoms with Gasteiger partial charge in [0, 0.05) is 51.8 Å². The third-order valence-electron chi connectivity index (χ3n) is 9.89. The van der Waals surface area contributed by atoms with Gasteiger partial charge in [-0.3, -0.25) is 14.4 Å². The van der Waals surface area contributed by atoms with Crippen LogP contribution in [0.25, 0.3) is 33.0 Å². The number of benzene rings is 2. The average molecular weight is 598 g/mol. The van der Waals surface area contributed by atoms with Crippen molar-refractivity contribution in [3.05, 3.63) is 59.4 Å². The van der Waals surface area contributed by atoms with E-state index in [0.29, 0.717) is 39.8 Å². The van der Waals surface area contributed by atoms with E-state index >= 15 is 0 Å². The SMILES string of the molecule is CCC1OC(n2cc(C3=C(c4c[nH]c5cc(OC)c(OC)cc45)C(=O)N(B(C)O)C3=O)c3cc(C)ccc32)C(C)C(C)C1C. The van der Waals surface area contributed by atoms with Gasteiger partial charge in [-0.15, -0.1) is 0 Å². The summed E-state index contributed by atoms with van der Waals surface area (Å²) in [6.45, 7) is 12.3. The fourth-order valence-corrected chi connectivity index (χ4v) is 7.11. The predicted octanol–water partition coefficient (Wildman–Crippen LogP) is 6.05. The van der Waals surface area contributed by atoms with E-state index in [1.165, 1.54) is 6.82 Å². The van der Waals surface area contributed by atoms with Crippen molar-refractivity contribution in [2.24, 2.45) is 17.8 Å². The maximum absolute atomic E-state index is 14.2. The second kappa shape index (κ2) is 11.2. The number of nitrogens with one attached hydrogen (secondary N) is 1. The number of amides is 2. The van der Waals surface area contributed by atoms with E-state index < -0.39 is 18.9 Å². The summed E-state index contributed by atoms with van der Waals surface area (Å²) in [6, 6.07) is 9.76. The number of rotatable bonds is 7. The molecule has 0 saturated carbocycles. The number of hydrogen-bond acceptors (Lipinski definition) is 6. The van der Waals surface area contributed by atoms with Gasteiger partial charge in [-0.05, 0) is 50.2 Å². The lowest BCUT2D eigenvalue weighted by Crippen LogP contribution is -2.42. The molecule has 44 heavy (non-hydrogen) atoms. The molecule has 1 fully saturated rings. The second-order valence-electron chi connectivity index (χ2n) is 12.3. The van der Waals surface area contributed by atoms with Crippen molar-refractivity contribution in [2.75, 3.05) is 14.2 Å². The van der Waals surface area contributed by atoms with Crippen molar-refractivity contribution in [1.82, 2.24) is 14.4 Å². The fourth-order valence-electron chi connectivity index (χ4n) is 7.11. The topological polar surface area (TPSA) is 106 Å². The molecule has 0 bridgehead atoms. The Bertz CT molecular complexity index is 1820. The number of aryl methyl sites for hydroxylation is 1. The summed E-state index contributed by atoms with van der Waals surface area (Å²) in [7, 11) is 1.80. The number of H-pyrrole nitrogens is 1. The molecule has 9 nitrogen and oxygen atoms in total. The monoisotopic (exact) mass is 597 g/mol. The molecule has 2 N–H and O–H groups in total. The van der Waals surface area contributed by atoms with Crippen molar-refractivity contribution in [2.45, 2.75) is 60.2 Å². The highest BCUT2D eigenvalue weighted by atomic mass is 16.5. The van der Waals surface area contributed by atoms with Crippen LogP contribution in [0.1, 0.15) is 57.0 Å². The quantitative estimate of drug-likeness (QED) is 0.198. The van der Waals surface area contributed by atoms with Crippen LogP contribution >= 0.6 is 0 Å². The summed E-state index contributed by atoms with van der Waals surface area (Å²) in [5.74, 6) is 0.972. The Morgan fingerprint density at radius 2 is 1.59 bits per heavy atom. The zero-order valence-electron chi connectivity index (χ0n) is 26.6. The van der Waals surface area contributed by atoms with Crippen LogP contribution in [-0.2, 0) is 14.3 Å². The number of aromatic amines is 1. The fraction of sp³-hybridized carbons (Fsp3) is 0.412. The third kappa shape index (κ3) is 4.46. The van der Waals surface area contributed by atoms with Gasteiger partial charge in [-0.25, -0.2) is 0 Å². The number of carbonyl (C=O) groups is 2. The summed E-state index contributed by atoms with van der Waals surface area (Å²) in [6.07, 6.45) is 4.44. The normalized spacial score (nSPS) is 24.2. The maximum Gasteiger partial charge on any atom is 0.419 e. The molecular formula is C34H40BN3O6. The lowest BCUT2D eigenvalue weighted by molar-refractivity contribution is -0.166. The highest BCUT2D eigenvalue weighted by Gasteiger charge is 2.45. The van der Waals surface area contributed by atoms with Crippen LogP contribution < -0.4 is 9.47 Å². The van der Waals surface area contributed by atoms with Gasteiger partial charge in [0.25, 0.3) is 11.8 Å². The van der Waals surface area contributed by atoms with Crippen LogP contribution in [0.15, 0.2) is 42.7 Å². The van der Waals surface area contributed by atoms with Gasteiger partial charge in [0.05, 0.1) is 37.0 Å². The maximum atomic E-state index is 14.2. The first-order valence-electron chi connectivity index (χ1n) is 15.3. The number of carbonyl (C=O) groups excluding carboxylic acids is 2. The molecule has 10 heteroatoms. The molecule has 6 rings (SSSR count). The number of aromatic nitrogens is 2. The number of fused-ring (bicyclic) bond motifs is 2. The van der Waals surface area contributed by atoms with Crippen LogP contribution in [0.3, 0.4) is 0 Å². The molecule has 2 aromatic heterocycles. The van der Waals surface area contributed by atoms with E-state index in [1.54, 1.807) is 32.5 Å². The summed E-state index contributed by atoms with van der Waals surface area (Å²) in [4.78, 5) is 32.4. The number of hydrogen-bond donors (Lipinski definition) is 2. The summed E-state index contributed by atoms with van der Waals surface area (Å²) < 4.78 is 19.9. The minimum Gasteiger partial charge on any atom is -0.493 e. The molecule has 1 saturated heterocycles. The minimum absolute atomic E-state index is 0.103. The van der Waals surface area contributed by atoms with Crippen molar-refractivity contribution < 1.29 is 28.8 Å². The smallest absolute Gasteiger partial charge is 0.419 e. The molecule has 2 amide bonds. The highest BCUT2D eigenvalue weighted by Crippen LogP contribution is 2.46. The standard InChI is InChI=1S/C34H40BN3O6/c1-9-27-19(4)18(3)20(5)34(44-27)37-16-24(22-12-17(2)10-11-26(22)37)31-30(32(39)38(33(31)40)35(6)41)23-15-36-25-14-29(43-8)28(42-7)13-21(23)25/h10-16,18-20,27,34,36,41H,9H2,1-8H3. The van der Waals surface area contributed by atoms with Crippen LogP contribution in [0.5, 0.6) is 11.5 Å². The Morgan fingerprint density at radius 1 is 0.932 bits per heavy atom. The number of imide groups is 1. The molecule has 2 aliphatic rings. The number of ether oxygens (including phenoxy) is 3. The molecule has 5 unspecified atom stereocenters. The summed E-state index contributed by atoms with van der Waals surface area (Å²) in [5.41, 5.74) is 4.31. The average Bonchev–Trinajstić information content (AvgIpc) is 3.65. The van der Waals surface area contributed by atoms with Gasteiger partial charge in [-0.2, -0.15) is 0 Å². The predicted molar refractivity (Wildman–Crippen MR) is 172 cm³/mol. The van der Waals surface area contributed by atoms with Crippen LogP contribution in [0.2, 0.25) is 6.82 Å². The van der Waals surface area contributed by atoms with Gasteiger partial charge >= 0.3 is 7.05 Å². The number of nitrogens with zero attached hydrogens (tertiary/aromatic N) is 2. The van der Waals surface area contributed by atoms with E-state index in [1.807, 2.05) is 13.1 Å². The first kappa shape index (κ1) is 30.0. The highest BCUT2D eigenvalue weighted by molar-refractivity contribution is 6.65. The van der Waals surface area contributed by atoms with Gasteiger partial charge in [0.2, 0.25) is 0 Å². The van der Waals surface area contributed by atoms with E-state index in [2.05, 4.69) is 55.4 Å². The van der Waals surface area contributed by atoms with E-state index in [0.717, 1.165) is 33.2 Å². The van der Waals surface area contributed by atoms with Crippen LogP contribution in [-0.4, -0.2) is 58.6 Å². The van der Waals surface area contributed by atoms with E-state index in [9.17, 15) is 14.6 Å². The molecule has 0 radical (unpaired) electrons. The molecule has 4 aromatic rings. The van der Waals surface area contributed by atoms with Crippen LogP contribution in [0, 0.1) is 24.7 Å². The van der Waals surface area contributed by atoms with Gasteiger partial charge in [0.1, 0.15) is 6.23 Å². The van der Waals surface area contributed by atoms with Gasteiger partial charge in [-0.1, -0.05) is 39.3 Å². The lowest BCUT2D eigenvalue weighted by Gasteiger charge is -2.44. The second-order valence-corrected chi connectivity index (χ2v) is 12.3. The van der Waals surface area contributed by atoms with Crippen molar-refractivity contribution in [1.29, 1.82) is 0 Å². The molecule has 0 aliphatic carbocycles.